The number of benzene rings is 2. The highest BCUT2D eigenvalue weighted by Crippen LogP contribution is 2.32. The molecule has 0 aromatic heterocycles. The monoisotopic (exact) mass is 432 g/mol. The molecule has 0 radical (unpaired) electrons. The Labute approximate surface area is 178 Å². The van der Waals surface area contributed by atoms with Gasteiger partial charge in [0.2, 0.25) is 15.9 Å². The molecule has 2 aromatic carbocycles. The summed E-state index contributed by atoms with van der Waals surface area (Å²) < 4.78 is 37.3. The van der Waals surface area contributed by atoms with Gasteiger partial charge in [0.15, 0.2) is 11.5 Å². The molecule has 0 atom stereocenters. The van der Waals surface area contributed by atoms with Gasteiger partial charge in [-0.1, -0.05) is 19.1 Å². The van der Waals surface area contributed by atoms with Crippen LogP contribution in [0.3, 0.4) is 0 Å². The first-order valence-electron chi connectivity index (χ1n) is 10.0. The predicted molar refractivity (Wildman–Crippen MR) is 118 cm³/mol. The van der Waals surface area contributed by atoms with E-state index in [1.165, 1.54) is 4.31 Å². The van der Waals surface area contributed by atoms with Crippen molar-refractivity contribution in [2.75, 3.05) is 36.1 Å². The Morgan fingerprint density at radius 1 is 1.10 bits per heavy atom. The first-order valence-corrected chi connectivity index (χ1v) is 11.6. The Bertz CT molecular complexity index is 1020. The van der Waals surface area contributed by atoms with E-state index in [0.717, 1.165) is 24.0 Å². The number of ether oxygens (including phenoxy) is 2. The van der Waals surface area contributed by atoms with Gasteiger partial charge in [0.05, 0.1) is 32.1 Å². The van der Waals surface area contributed by atoms with Gasteiger partial charge in [0.25, 0.3) is 0 Å². The number of hydrogen-bond acceptors (Lipinski definition) is 5. The number of carbonyl (C=O) groups is 1. The van der Waals surface area contributed by atoms with E-state index in [9.17, 15) is 13.2 Å². The molecule has 0 saturated carbocycles. The van der Waals surface area contributed by atoms with Crippen LogP contribution in [-0.2, 0) is 27.7 Å². The molecule has 30 heavy (non-hydrogen) atoms. The average Bonchev–Trinajstić information content (AvgIpc) is 2.73. The van der Waals surface area contributed by atoms with Crippen molar-refractivity contribution in [1.29, 1.82) is 0 Å². The van der Waals surface area contributed by atoms with Crippen molar-refractivity contribution in [3.05, 3.63) is 47.5 Å². The van der Waals surface area contributed by atoms with Crippen LogP contribution in [0.25, 0.3) is 0 Å². The van der Waals surface area contributed by atoms with E-state index >= 15 is 0 Å². The summed E-state index contributed by atoms with van der Waals surface area (Å²) in [5.41, 5.74) is 3.02. The number of nitrogens with one attached hydrogen (secondary N) is 1. The van der Waals surface area contributed by atoms with Gasteiger partial charge < -0.3 is 14.8 Å². The molecule has 162 valence electrons. The molecule has 2 aromatic rings. The maximum absolute atomic E-state index is 12.7. The molecule has 8 heteroatoms. The molecule has 1 aliphatic heterocycles. The fourth-order valence-corrected chi connectivity index (χ4v) is 5.27. The van der Waals surface area contributed by atoms with Gasteiger partial charge >= 0.3 is 0 Å². The van der Waals surface area contributed by atoms with Gasteiger partial charge in [0, 0.05) is 12.2 Å². The Kier molecular flexibility index (Phi) is 6.87. The molecule has 0 aliphatic carbocycles. The highest BCUT2D eigenvalue weighted by Gasteiger charge is 2.27. The van der Waals surface area contributed by atoms with E-state index in [1.807, 2.05) is 25.1 Å². The molecule has 1 heterocycles. The Hall–Kier alpha value is -2.74. The lowest BCUT2D eigenvalue weighted by atomic mass is 10.0. The second-order valence-electron chi connectivity index (χ2n) is 7.25. The lowest BCUT2D eigenvalue weighted by molar-refractivity contribution is -0.115. The van der Waals surface area contributed by atoms with Crippen LogP contribution in [-0.4, -0.2) is 40.8 Å². The zero-order valence-corrected chi connectivity index (χ0v) is 18.4. The summed E-state index contributed by atoms with van der Waals surface area (Å²) in [6.45, 7) is 2.32. The number of aryl methyl sites for hydroxylation is 1. The molecule has 3 rings (SSSR count). The fourth-order valence-electron chi connectivity index (χ4n) is 3.66. The van der Waals surface area contributed by atoms with Crippen LogP contribution >= 0.6 is 0 Å². The minimum absolute atomic E-state index is 0.113. The number of nitrogens with zero attached hydrogens (tertiary/aromatic N) is 1. The van der Waals surface area contributed by atoms with Gasteiger partial charge in [-0.15, -0.1) is 0 Å². The molecule has 1 amide bonds. The maximum Gasteiger partial charge on any atom is 0.235 e. The third kappa shape index (κ3) is 4.87. The molecule has 1 N–H and O–H groups in total. The Morgan fingerprint density at radius 2 is 1.87 bits per heavy atom. The normalized spacial score (nSPS) is 13.5. The third-order valence-electron chi connectivity index (χ3n) is 5.06. The first kappa shape index (κ1) is 22.0. The molecule has 0 bridgehead atoms. The number of anilines is 2. The van der Waals surface area contributed by atoms with Crippen molar-refractivity contribution in [2.45, 2.75) is 32.6 Å². The van der Waals surface area contributed by atoms with E-state index in [-0.39, 0.29) is 18.1 Å². The second kappa shape index (κ2) is 9.38. The van der Waals surface area contributed by atoms with Gasteiger partial charge in [-0.2, -0.15) is 0 Å². The highest BCUT2D eigenvalue weighted by molar-refractivity contribution is 7.92. The summed E-state index contributed by atoms with van der Waals surface area (Å²) in [5.74, 6) is 1.08. The van der Waals surface area contributed by atoms with Gasteiger partial charge in [-0.3, -0.25) is 9.10 Å². The fraction of sp³-hybridized carbons (Fsp3) is 0.409. The minimum Gasteiger partial charge on any atom is -0.493 e. The van der Waals surface area contributed by atoms with Crippen LogP contribution in [0.2, 0.25) is 0 Å². The van der Waals surface area contributed by atoms with Gasteiger partial charge in [-0.05, 0) is 54.7 Å². The van der Waals surface area contributed by atoms with Crippen LogP contribution in [0.4, 0.5) is 11.4 Å². The molecule has 7 nitrogen and oxygen atoms in total. The van der Waals surface area contributed by atoms with Crippen molar-refractivity contribution in [3.8, 4) is 11.5 Å². The van der Waals surface area contributed by atoms with Crippen LogP contribution in [0, 0.1) is 0 Å². The summed E-state index contributed by atoms with van der Waals surface area (Å²) in [7, 11) is -0.251. The van der Waals surface area contributed by atoms with E-state index in [0.29, 0.717) is 35.8 Å². The summed E-state index contributed by atoms with van der Waals surface area (Å²) >= 11 is 0. The predicted octanol–water partition coefficient (Wildman–Crippen LogP) is 3.38. The number of amides is 1. The van der Waals surface area contributed by atoms with Crippen LogP contribution in [0.15, 0.2) is 36.4 Å². The van der Waals surface area contributed by atoms with Crippen molar-refractivity contribution in [2.24, 2.45) is 0 Å². The SMILES string of the molecule is CCCS(=O)(=O)N1CCCc2ccc(NC(=O)Cc3ccc(OC)c(OC)c3)cc21. The van der Waals surface area contributed by atoms with Crippen molar-refractivity contribution in [3.63, 3.8) is 0 Å². The first-order chi connectivity index (χ1) is 14.4. The van der Waals surface area contributed by atoms with Crippen LogP contribution in [0.5, 0.6) is 11.5 Å². The standard InChI is InChI=1S/C22H28N2O5S/c1-4-12-30(26,27)24-11-5-6-17-8-9-18(15-19(17)24)23-22(25)14-16-7-10-20(28-2)21(13-16)29-3/h7-10,13,15H,4-6,11-12,14H2,1-3H3,(H,23,25). The van der Waals surface area contributed by atoms with E-state index in [4.69, 9.17) is 9.47 Å². The summed E-state index contributed by atoms with van der Waals surface area (Å²) in [4.78, 5) is 12.6. The van der Waals surface area contributed by atoms with Gasteiger partial charge in [-0.25, -0.2) is 8.42 Å². The molecule has 0 saturated heterocycles. The quantitative estimate of drug-likeness (QED) is 0.691. The van der Waals surface area contributed by atoms with Crippen molar-refractivity contribution in [1.82, 2.24) is 0 Å². The topological polar surface area (TPSA) is 84.9 Å². The molecule has 0 spiro atoms. The lowest BCUT2D eigenvalue weighted by Crippen LogP contribution is -2.37. The van der Waals surface area contributed by atoms with Crippen LogP contribution in [0.1, 0.15) is 30.9 Å². The Morgan fingerprint density at radius 3 is 2.57 bits per heavy atom. The highest BCUT2D eigenvalue weighted by atomic mass is 32.2. The number of methoxy groups -OCH3 is 2. The largest absolute Gasteiger partial charge is 0.493 e. The zero-order valence-electron chi connectivity index (χ0n) is 17.6. The number of carbonyl (C=O) groups excluding carboxylic acids is 1. The summed E-state index contributed by atoms with van der Waals surface area (Å²) in [6, 6.07) is 10.8. The number of sulfonamides is 1. The van der Waals surface area contributed by atoms with E-state index in [2.05, 4.69) is 5.32 Å². The lowest BCUT2D eigenvalue weighted by Gasteiger charge is -2.31. The minimum atomic E-state index is -3.36. The van der Waals surface area contributed by atoms with Crippen LogP contribution < -0.4 is 19.1 Å². The Balaban J connectivity index is 1.77. The van der Waals surface area contributed by atoms with E-state index < -0.39 is 10.0 Å². The molecular weight excluding hydrogens is 404 g/mol. The maximum atomic E-state index is 12.7. The molecule has 0 fully saturated rings. The number of hydrogen-bond donors (Lipinski definition) is 1. The molecule has 1 aliphatic rings. The van der Waals surface area contributed by atoms with Crippen molar-refractivity contribution < 1.29 is 22.7 Å². The van der Waals surface area contributed by atoms with Gasteiger partial charge in [0.1, 0.15) is 0 Å². The smallest absolute Gasteiger partial charge is 0.235 e. The number of fused-ring (bicyclic) bond motifs is 1. The second-order valence-corrected chi connectivity index (χ2v) is 9.26. The molecule has 0 unspecified atom stereocenters. The molecular formula is C22H28N2O5S. The van der Waals surface area contributed by atoms with E-state index in [1.54, 1.807) is 32.4 Å². The van der Waals surface area contributed by atoms with Crippen molar-refractivity contribution >= 4 is 27.3 Å². The zero-order chi connectivity index (χ0) is 21.7. The summed E-state index contributed by atoms with van der Waals surface area (Å²) in [5, 5.41) is 2.88. The third-order valence-corrected chi connectivity index (χ3v) is 7.03. The summed E-state index contributed by atoms with van der Waals surface area (Å²) in [6.07, 6.45) is 2.35. The average molecular weight is 433 g/mol. The number of rotatable bonds is 8.